The molecular formula is C12H11BrFNO. The predicted octanol–water partition coefficient (Wildman–Crippen LogP) is 2.73. The van der Waals surface area contributed by atoms with E-state index >= 15 is 0 Å². The molecule has 0 saturated carbocycles. The molecule has 0 heterocycles. The first-order valence-electron chi connectivity index (χ1n) is 4.80. The van der Waals surface area contributed by atoms with Crippen LogP contribution in [0.5, 0.6) is 0 Å². The van der Waals surface area contributed by atoms with Crippen LogP contribution in [0.2, 0.25) is 0 Å². The molecule has 1 unspecified atom stereocenters. The van der Waals surface area contributed by atoms with Gasteiger partial charge in [-0.3, -0.25) is 4.79 Å². The monoisotopic (exact) mass is 283 g/mol. The van der Waals surface area contributed by atoms with Crippen LogP contribution in [-0.2, 0) is 0 Å². The lowest BCUT2D eigenvalue weighted by Gasteiger charge is -2.11. The molecule has 1 aromatic rings. The first kappa shape index (κ1) is 12.7. The number of hydrogen-bond donors (Lipinski definition) is 1. The molecule has 0 fully saturated rings. The highest BCUT2D eigenvalue weighted by Gasteiger charge is 2.13. The van der Waals surface area contributed by atoms with Gasteiger partial charge in [-0.15, -0.1) is 6.42 Å². The second-order valence-corrected chi connectivity index (χ2v) is 4.08. The first-order chi connectivity index (χ1) is 7.58. The van der Waals surface area contributed by atoms with Gasteiger partial charge >= 0.3 is 0 Å². The molecular weight excluding hydrogens is 273 g/mol. The van der Waals surface area contributed by atoms with Crippen LogP contribution < -0.4 is 5.32 Å². The van der Waals surface area contributed by atoms with E-state index in [0.717, 1.165) is 0 Å². The Hall–Kier alpha value is -1.34. The molecule has 0 radical (unpaired) electrons. The van der Waals surface area contributed by atoms with Gasteiger partial charge in [0.2, 0.25) is 0 Å². The Labute approximate surface area is 102 Å². The summed E-state index contributed by atoms with van der Waals surface area (Å²) in [6.45, 7) is 1.88. The van der Waals surface area contributed by atoms with E-state index in [0.29, 0.717) is 16.5 Å². The van der Waals surface area contributed by atoms with Crippen LogP contribution in [0.3, 0.4) is 0 Å². The average molecular weight is 284 g/mol. The quantitative estimate of drug-likeness (QED) is 0.850. The van der Waals surface area contributed by atoms with Gasteiger partial charge in [0, 0.05) is 4.47 Å². The molecule has 4 heteroatoms. The largest absolute Gasteiger partial charge is 0.338 e. The Kier molecular flexibility index (Phi) is 4.51. The van der Waals surface area contributed by atoms with E-state index in [4.69, 9.17) is 6.42 Å². The van der Waals surface area contributed by atoms with Gasteiger partial charge in [0.15, 0.2) is 0 Å². The fourth-order valence-corrected chi connectivity index (χ4v) is 1.70. The Morgan fingerprint density at radius 1 is 1.69 bits per heavy atom. The number of halogens is 2. The molecule has 2 nitrogen and oxygen atoms in total. The molecule has 0 aromatic heterocycles. The number of rotatable bonds is 3. The highest BCUT2D eigenvalue weighted by molar-refractivity contribution is 9.10. The van der Waals surface area contributed by atoms with Crippen molar-refractivity contribution in [1.29, 1.82) is 0 Å². The maximum atomic E-state index is 12.8. The predicted molar refractivity (Wildman–Crippen MR) is 64.5 cm³/mol. The van der Waals surface area contributed by atoms with Gasteiger partial charge in [-0.1, -0.05) is 12.8 Å². The van der Waals surface area contributed by atoms with E-state index in [-0.39, 0.29) is 11.9 Å². The number of nitrogens with one attached hydrogen (secondary N) is 1. The minimum atomic E-state index is -0.396. The van der Waals surface area contributed by atoms with E-state index in [2.05, 4.69) is 27.2 Å². The molecule has 1 amide bonds. The zero-order valence-corrected chi connectivity index (χ0v) is 10.3. The lowest BCUT2D eigenvalue weighted by Crippen LogP contribution is -2.33. The Bertz CT molecular complexity index is 439. The summed E-state index contributed by atoms with van der Waals surface area (Å²) in [5.74, 6) is 1.76. The van der Waals surface area contributed by atoms with Crippen molar-refractivity contribution in [2.24, 2.45) is 0 Å². The highest BCUT2D eigenvalue weighted by Crippen LogP contribution is 2.18. The Morgan fingerprint density at radius 2 is 2.38 bits per heavy atom. The molecule has 1 rings (SSSR count). The zero-order valence-electron chi connectivity index (χ0n) is 8.76. The molecule has 16 heavy (non-hydrogen) atoms. The van der Waals surface area contributed by atoms with Gasteiger partial charge in [-0.25, -0.2) is 4.39 Å². The molecule has 0 aliphatic carbocycles. The highest BCUT2D eigenvalue weighted by atomic mass is 79.9. The molecule has 0 aliphatic heterocycles. The summed E-state index contributed by atoms with van der Waals surface area (Å²) in [5, 5.41) is 2.67. The van der Waals surface area contributed by atoms with Crippen molar-refractivity contribution in [2.45, 2.75) is 19.4 Å². The second-order valence-electron chi connectivity index (χ2n) is 3.23. The minimum absolute atomic E-state index is 0.301. The first-order valence-corrected chi connectivity index (χ1v) is 5.59. The average Bonchev–Trinajstić information content (AvgIpc) is 2.25. The van der Waals surface area contributed by atoms with Crippen LogP contribution in [0.1, 0.15) is 23.7 Å². The molecule has 1 atom stereocenters. The number of benzene rings is 1. The summed E-state index contributed by atoms with van der Waals surface area (Å²) in [4.78, 5) is 11.7. The lowest BCUT2D eigenvalue weighted by molar-refractivity contribution is 0.0944. The molecule has 1 aromatic carbocycles. The standard InChI is InChI=1S/C12H11BrFNO/c1-3-9(4-2)15-12(16)10-6-5-8(14)7-11(10)13/h1,5-7,9H,4H2,2H3,(H,15,16). The third-order valence-corrected chi connectivity index (χ3v) is 2.75. The fourth-order valence-electron chi connectivity index (χ4n) is 1.17. The van der Waals surface area contributed by atoms with Crippen molar-refractivity contribution >= 4 is 21.8 Å². The van der Waals surface area contributed by atoms with Crippen molar-refractivity contribution in [1.82, 2.24) is 5.32 Å². The molecule has 84 valence electrons. The van der Waals surface area contributed by atoms with Crippen molar-refractivity contribution in [3.05, 3.63) is 34.1 Å². The van der Waals surface area contributed by atoms with Crippen molar-refractivity contribution in [3.63, 3.8) is 0 Å². The topological polar surface area (TPSA) is 29.1 Å². The maximum absolute atomic E-state index is 12.8. The normalized spacial score (nSPS) is 11.6. The van der Waals surface area contributed by atoms with E-state index < -0.39 is 5.82 Å². The Morgan fingerprint density at radius 3 is 2.88 bits per heavy atom. The van der Waals surface area contributed by atoms with Gasteiger partial charge in [0.25, 0.3) is 5.91 Å². The van der Waals surface area contributed by atoms with Crippen LogP contribution >= 0.6 is 15.9 Å². The van der Waals surface area contributed by atoms with Crippen LogP contribution in [0.15, 0.2) is 22.7 Å². The number of terminal acetylenes is 1. The summed E-state index contributed by atoms with van der Waals surface area (Å²) < 4.78 is 13.2. The van der Waals surface area contributed by atoms with Crippen LogP contribution in [0.25, 0.3) is 0 Å². The summed E-state index contributed by atoms with van der Waals surface area (Å²) in [6.07, 6.45) is 5.89. The molecule has 1 N–H and O–H groups in total. The molecule has 0 bridgehead atoms. The number of carbonyl (C=O) groups excluding carboxylic acids is 1. The van der Waals surface area contributed by atoms with Crippen LogP contribution in [0.4, 0.5) is 4.39 Å². The van der Waals surface area contributed by atoms with E-state index in [1.54, 1.807) is 0 Å². The second kappa shape index (κ2) is 5.66. The zero-order chi connectivity index (χ0) is 12.1. The number of amides is 1. The van der Waals surface area contributed by atoms with Gasteiger partial charge in [0.1, 0.15) is 5.82 Å². The number of carbonyl (C=O) groups is 1. The summed E-state index contributed by atoms with van der Waals surface area (Å²) in [7, 11) is 0. The van der Waals surface area contributed by atoms with Crippen molar-refractivity contribution in [3.8, 4) is 12.3 Å². The smallest absolute Gasteiger partial charge is 0.253 e. The van der Waals surface area contributed by atoms with Crippen LogP contribution in [0, 0.1) is 18.2 Å². The van der Waals surface area contributed by atoms with Gasteiger partial charge in [0.05, 0.1) is 11.6 Å². The SMILES string of the molecule is C#CC(CC)NC(=O)c1ccc(F)cc1Br. The molecule has 0 spiro atoms. The molecule has 0 aliphatic rings. The van der Waals surface area contributed by atoms with E-state index in [1.807, 2.05) is 6.92 Å². The molecule has 0 saturated heterocycles. The summed E-state index contributed by atoms with van der Waals surface area (Å²) >= 11 is 3.13. The summed E-state index contributed by atoms with van der Waals surface area (Å²) in [6, 6.07) is 3.59. The van der Waals surface area contributed by atoms with Gasteiger partial charge in [-0.2, -0.15) is 0 Å². The van der Waals surface area contributed by atoms with E-state index in [1.165, 1.54) is 18.2 Å². The van der Waals surface area contributed by atoms with Gasteiger partial charge in [-0.05, 0) is 40.5 Å². The van der Waals surface area contributed by atoms with Crippen molar-refractivity contribution < 1.29 is 9.18 Å². The van der Waals surface area contributed by atoms with Crippen molar-refractivity contribution in [2.75, 3.05) is 0 Å². The Balaban J connectivity index is 2.85. The lowest BCUT2D eigenvalue weighted by atomic mass is 10.1. The fraction of sp³-hybridized carbons (Fsp3) is 0.250. The summed E-state index contributed by atoms with van der Waals surface area (Å²) in [5.41, 5.74) is 0.370. The van der Waals surface area contributed by atoms with Gasteiger partial charge < -0.3 is 5.32 Å². The number of hydrogen-bond acceptors (Lipinski definition) is 1. The van der Waals surface area contributed by atoms with E-state index in [9.17, 15) is 9.18 Å². The van der Waals surface area contributed by atoms with Crippen LogP contribution in [-0.4, -0.2) is 11.9 Å². The third-order valence-electron chi connectivity index (χ3n) is 2.09. The maximum Gasteiger partial charge on any atom is 0.253 e. The minimum Gasteiger partial charge on any atom is -0.338 e. The third kappa shape index (κ3) is 3.07.